The van der Waals surface area contributed by atoms with Crippen molar-refractivity contribution in [3.63, 3.8) is 0 Å². The van der Waals surface area contributed by atoms with Crippen molar-refractivity contribution in [2.45, 2.75) is 62.9 Å². The van der Waals surface area contributed by atoms with Crippen LogP contribution >= 0.6 is 11.8 Å². The van der Waals surface area contributed by atoms with Crippen LogP contribution in [0.1, 0.15) is 74.0 Å². The summed E-state index contributed by atoms with van der Waals surface area (Å²) in [4.78, 5) is 24.2. The topological polar surface area (TPSA) is 112 Å². The molecule has 0 radical (unpaired) electrons. The van der Waals surface area contributed by atoms with Crippen molar-refractivity contribution in [2.24, 2.45) is 0 Å². The molecule has 1 aromatic carbocycles. The number of anilines is 1. The molecule has 9 heteroatoms. The molecule has 1 fully saturated rings. The lowest BCUT2D eigenvalue weighted by Crippen LogP contribution is -2.19. The highest BCUT2D eigenvalue weighted by atomic mass is 32.2. The molecule has 1 saturated carbocycles. The van der Waals surface area contributed by atoms with E-state index in [0.717, 1.165) is 31.5 Å². The number of nitrogen functional groups attached to an aromatic ring is 1. The number of rotatable bonds is 9. The Hall–Kier alpha value is -2.55. The average Bonchev–Trinajstić information content (AvgIpc) is 3.14. The predicted molar refractivity (Wildman–Crippen MR) is 117 cm³/mol. The van der Waals surface area contributed by atoms with Crippen molar-refractivity contribution in [2.75, 3.05) is 23.5 Å². The number of nitrogens with zero attached hydrogens (tertiary/aromatic N) is 3. The number of esters is 1. The number of nitrogens with two attached hydrogens (primary N) is 1. The number of thioether (sulfide) groups is 1. The third kappa shape index (κ3) is 5.98. The molecule has 3 N–H and O–H groups in total. The van der Waals surface area contributed by atoms with Gasteiger partial charge in [-0.2, -0.15) is 0 Å². The summed E-state index contributed by atoms with van der Waals surface area (Å²) in [6.45, 7) is 2.45. The molecule has 0 bridgehead atoms. The normalized spacial score (nSPS) is 14.4. The van der Waals surface area contributed by atoms with E-state index in [4.69, 9.17) is 10.6 Å². The summed E-state index contributed by atoms with van der Waals surface area (Å²) >= 11 is 1.26. The zero-order valence-electron chi connectivity index (χ0n) is 17.3. The van der Waals surface area contributed by atoms with Crippen molar-refractivity contribution in [1.82, 2.24) is 14.9 Å². The minimum absolute atomic E-state index is 0.167. The van der Waals surface area contributed by atoms with E-state index in [1.54, 1.807) is 24.3 Å². The Kier molecular flexibility index (Phi) is 8.12. The third-order valence-corrected chi connectivity index (χ3v) is 6.07. The van der Waals surface area contributed by atoms with E-state index in [1.165, 1.54) is 35.7 Å². The van der Waals surface area contributed by atoms with Crippen molar-refractivity contribution < 1.29 is 14.3 Å². The van der Waals surface area contributed by atoms with Gasteiger partial charge >= 0.3 is 5.97 Å². The van der Waals surface area contributed by atoms with Gasteiger partial charge in [-0.1, -0.05) is 44.4 Å². The Morgan fingerprint density at radius 3 is 2.63 bits per heavy atom. The van der Waals surface area contributed by atoms with Gasteiger partial charge in [0.1, 0.15) is 0 Å². The maximum absolute atomic E-state index is 12.3. The van der Waals surface area contributed by atoms with Gasteiger partial charge in [0.05, 0.1) is 17.9 Å². The number of carbonyl (C=O) groups excluding carboxylic acids is 2. The maximum Gasteiger partial charge on any atom is 0.338 e. The largest absolute Gasteiger partial charge is 0.462 e. The summed E-state index contributed by atoms with van der Waals surface area (Å²) in [7, 11) is 0. The quantitative estimate of drug-likeness (QED) is 0.269. The highest BCUT2D eigenvalue weighted by Gasteiger charge is 2.22. The standard InChI is InChI=1S/C21H29N5O3S/c1-2-3-13-29-20(28)16-9-11-17(12-10-16)23-18(27)14-30-21-25-24-19(26(21)22)15-7-5-4-6-8-15/h9-12,15H,2-8,13-14,22H2,1H3,(H,23,27). The first-order valence-corrected chi connectivity index (χ1v) is 11.5. The fraction of sp³-hybridized carbons (Fsp3) is 0.524. The van der Waals surface area contributed by atoms with Crippen LogP contribution < -0.4 is 11.2 Å². The first-order valence-electron chi connectivity index (χ1n) is 10.5. The molecule has 162 valence electrons. The van der Waals surface area contributed by atoms with Gasteiger partial charge in [-0.3, -0.25) is 4.79 Å². The highest BCUT2D eigenvalue weighted by Crippen LogP contribution is 2.32. The molecule has 8 nitrogen and oxygen atoms in total. The van der Waals surface area contributed by atoms with Crippen LogP contribution in [0.3, 0.4) is 0 Å². The molecule has 0 atom stereocenters. The lowest BCUT2D eigenvalue weighted by Gasteiger charge is -2.20. The molecule has 2 aromatic rings. The van der Waals surface area contributed by atoms with Gasteiger partial charge in [0.15, 0.2) is 5.82 Å². The monoisotopic (exact) mass is 431 g/mol. The van der Waals surface area contributed by atoms with Gasteiger partial charge in [-0.15, -0.1) is 10.2 Å². The number of benzene rings is 1. The van der Waals surface area contributed by atoms with E-state index in [0.29, 0.717) is 28.9 Å². The van der Waals surface area contributed by atoms with E-state index < -0.39 is 0 Å². The lowest BCUT2D eigenvalue weighted by molar-refractivity contribution is -0.113. The molecule has 0 aliphatic heterocycles. The van der Waals surface area contributed by atoms with Crippen molar-refractivity contribution in [3.8, 4) is 0 Å². The van der Waals surface area contributed by atoms with Crippen LogP contribution in [-0.4, -0.2) is 39.1 Å². The highest BCUT2D eigenvalue weighted by molar-refractivity contribution is 7.99. The Labute approximate surface area is 180 Å². The minimum atomic E-state index is -0.354. The van der Waals surface area contributed by atoms with Crippen LogP contribution in [0.5, 0.6) is 0 Å². The summed E-state index contributed by atoms with van der Waals surface area (Å²) in [5, 5.41) is 11.7. The molecule has 0 saturated heterocycles. The smallest absolute Gasteiger partial charge is 0.338 e. The van der Waals surface area contributed by atoms with Crippen molar-refractivity contribution >= 4 is 29.3 Å². The average molecular weight is 432 g/mol. The molecular formula is C21H29N5O3S. The second kappa shape index (κ2) is 11.0. The molecular weight excluding hydrogens is 402 g/mol. The van der Waals surface area contributed by atoms with E-state index in [9.17, 15) is 9.59 Å². The van der Waals surface area contributed by atoms with Crippen LogP contribution in [0.25, 0.3) is 0 Å². The summed E-state index contributed by atoms with van der Waals surface area (Å²) in [6.07, 6.45) is 7.63. The van der Waals surface area contributed by atoms with Crippen LogP contribution in [0, 0.1) is 0 Å². The first-order chi connectivity index (χ1) is 14.6. The van der Waals surface area contributed by atoms with Crippen LogP contribution in [-0.2, 0) is 9.53 Å². The Bertz CT molecular complexity index is 847. The fourth-order valence-corrected chi connectivity index (χ4v) is 4.10. The summed E-state index contributed by atoms with van der Waals surface area (Å²) in [5.41, 5.74) is 1.08. The molecule has 1 aromatic heterocycles. The predicted octanol–water partition coefficient (Wildman–Crippen LogP) is 3.73. The van der Waals surface area contributed by atoms with Crippen molar-refractivity contribution in [1.29, 1.82) is 0 Å². The van der Waals surface area contributed by atoms with Crippen LogP contribution in [0.4, 0.5) is 5.69 Å². The zero-order chi connectivity index (χ0) is 21.3. The zero-order valence-corrected chi connectivity index (χ0v) is 18.1. The maximum atomic E-state index is 12.3. The van der Waals surface area contributed by atoms with Gasteiger partial charge in [-0.05, 0) is 43.5 Å². The number of nitrogens with one attached hydrogen (secondary N) is 1. The second-order valence-corrected chi connectivity index (χ2v) is 8.39. The molecule has 0 spiro atoms. The van der Waals surface area contributed by atoms with Gasteiger partial charge in [0, 0.05) is 11.6 Å². The summed E-state index contributed by atoms with van der Waals surface area (Å²) in [5.74, 6) is 6.95. The number of amides is 1. The van der Waals surface area contributed by atoms with Crippen LogP contribution in [0.2, 0.25) is 0 Å². The van der Waals surface area contributed by atoms with Gasteiger partial charge in [-0.25, -0.2) is 9.47 Å². The molecule has 1 amide bonds. The molecule has 1 aliphatic rings. The van der Waals surface area contributed by atoms with Crippen LogP contribution in [0.15, 0.2) is 29.4 Å². The number of unbranched alkanes of at least 4 members (excludes halogenated alkanes) is 1. The molecule has 30 heavy (non-hydrogen) atoms. The Balaban J connectivity index is 1.48. The number of hydrogen-bond acceptors (Lipinski definition) is 7. The van der Waals surface area contributed by atoms with E-state index in [2.05, 4.69) is 15.5 Å². The summed E-state index contributed by atoms with van der Waals surface area (Å²) < 4.78 is 6.70. The minimum Gasteiger partial charge on any atom is -0.462 e. The van der Waals surface area contributed by atoms with E-state index in [1.807, 2.05) is 6.92 Å². The van der Waals surface area contributed by atoms with Crippen molar-refractivity contribution in [3.05, 3.63) is 35.7 Å². The molecule has 1 aliphatic carbocycles. The number of carbonyl (C=O) groups is 2. The van der Waals surface area contributed by atoms with E-state index in [-0.39, 0.29) is 17.6 Å². The fourth-order valence-electron chi connectivity index (χ4n) is 3.44. The SMILES string of the molecule is CCCCOC(=O)c1ccc(NC(=O)CSc2nnc(C3CCCCC3)n2N)cc1. The number of ether oxygens (including phenoxy) is 1. The van der Waals surface area contributed by atoms with Gasteiger partial charge < -0.3 is 15.9 Å². The lowest BCUT2D eigenvalue weighted by atomic mass is 9.89. The first kappa shape index (κ1) is 22.1. The second-order valence-electron chi connectivity index (χ2n) is 7.45. The third-order valence-electron chi connectivity index (χ3n) is 5.13. The molecule has 0 unspecified atom stereocenters. The molecule has 1 heterocycles. The van der Waals surface area contributed by atoms with Gasteiger partial charge in [0.25, 0.3) is 0 Å². The number of hydrogen-bond donors (Lipinski definition) is 2. The van der Waals surface area contributed by atoms with E-state index >= 15 is 0 Å². The molecule has 3 rings (SSSR count). The van der Waals surface area contributed by atoms with Gasteiger partial charge in [0.2, 0.25) is 11.1 Å². The Morgan fingerprint density at radius 1 is 1.20 bits per heavy atom. The summed E-state index contributed by atoms with van der Waals surface area (Å²) in [6, 6.07) is 6.66. The number of aromatic nitrogens is 3. The Morgan fingerprint density at radius 2 is 1.93 bits per heavy atom.